The Morgan fingerprint density at radius 2 is 1.59 bits per heavy atom. The quantitative estimate of drug-likeness (QED) is 0.465. The van der Waals surface area contributed by atoms with Crippen LogP contribution in [0.15, 0.2) is 84.9 Å². The summed E-state index contributed by atoms with van der Waals surface area (Å²) >= 11 is 0. The van der Waals surface area contributed by atoms with Crippen LogP contribution in [-0.4, -0.2) is 21.6 Å². The number of halogens is 1. The van der Waals surface area contributed by atoms with Crippen molar-refractivity contribution in [3.63, 3.8) is 0 Å². The average molecular weight is 428 g/mol. The fourth-order valence-electron chi connectivity index (χ4n) is 3.29. The van der Waals surface area contributed by atoms with Crippen molar-refractivity contribution in [2.45, 2.75) is 13.3 Å². The highest BCUT2D eigenvalue weighted by Crippen LogP contribution is 2.21. The van der Waals surface area contributed by atoms with Crippen LogP contribution in [0.2, 0.25) is 0 Å². The number of carbonyl (C=O) groups is 2. The average Bonchev–Trinajstić information content (AvgIpc) is 3.19. The number of carbonyl (C=O) groups excluding carboxylic acids is 2. The minimum atomic E-state index is -0.589. The molecule has 0 spiro atoms. The molecule has 0 fully saturated rings. The molecule has 32 heavy (non-hydrogen) atoms. The van der Waals surface area contributed by atoms with Gasteiger partial charge < -0.3 is 10.6 Å². The molecular formula is C25H21FN4O2. The number of hydrogen-bond acceptors (Lipinski definition) is 3. The van der Waals surface area contributed by atoms with Crippen LogP contribution < -0.4 is 10.6 Å². The summed E-state index contributed by atoms with van der Waals surface area (Å²) < 4.78 is 15.9. The lowest BCUT2D eigenvalue weighted by Gasteiger charge is -2.10. The van der Waals surface area contributed by atoms with Crippen molar-refractivity contribution < 1.29 is 14.0 Å². The van der Waals surface area contributed by atoms with E-state index < -0.39 is 11.7 Å². The van der Waals surface area contributed by atoms with Crippen molar-refractivity contribution in [3.05, 3.63) is 108 Å². The summed E-state index contributed by atoms with van der Waals surface area (Å²) in [5.41, 5.74) is 3.03. The summed E-state index contributed by atoms with van der Waals surface area (Å²) in [7, 11) is 0. The Labute approximate surface area is 184 Å². The highest BCUT2D eigenvalue weighted by molar-refractivity contribution is 6.03. The number of rotatable bonds is 6. The summed E-state index contributed by atoms with van der Waals surface area (Å²) in [6, 6.07) is 24.3. The Kier molecular flexibility index (Phi) is 6.07. The fraction of sp³-hybridized carbons (Fsp3) is 0.0800. The van der Waals surface area contributed by atoms with Gasteiger partial charge in [0.05, 0.1) is 17.8 Å². The van der Waals surface area contributed by atoms with Crippen molar-refractivity contribution >= 4 is 23.2 Å². The summed E-state index contributed by atoms with van der Waals surface area (Å²) in [6.07, 6.45) is 0.118. The van der Waals surface area contributed by atoms with Gasteiger partial charge in [-0.2, -0.15) is 5.10 Å². The van der Waals surface area contributed by atoms with Gasteiger partial charge in [-0.3, -0.25) is 9.59 Å². The standard InChI is InChI=1S/C25H21FN4O2/c1-17-14-23(29-30(17)20-10-6-3-7-11-20)25(32)27-19-12-13-21(26)22(16-19)28-24(31)15-18-8-4-2-5-9-18/h2-14,16H,15H2,1H3,(H,27,32)(H,28,31). The maximum absolute atomic E-state index is 14.2. The third-order valence-electron chi connectivity index (χ3n) is 4.83. The molecule has 3 aromatic carbocycles. The van der Waals surface area contributed by atoms with Gasteiger partial charge in [0.25, 0.3) is 5.91 Å². The van der Waals surface area contributed by atoms with Crippen molar-refractivity contribution in [1.29, 1.82) is 0 Å². The molecule has 1 heterocycles. The number of nitrogens with one attached hydrogen (secondary N) is 2. The van der Waals surface area contributed by atoms with Gasteiger partial charge in [-0.05, 0) is 48.9 Å². The molecule has 6 nitrogen and oxygen atoms in total. The molecule has 0 aliphatic carbocycles. The molecule has 2 amide bonds. The van der Waals surface area contributed by atoms with E-state index in [0.717, 1.165) is 16.9 Å². The van der Waals surface area contributed by atoms with Crippen LogP contribution in [0.1, 0.15) is 21.7 Å². The van der Waals surface area contributed by atoms with Gasteiger partial charge in [0, 0.05) is 11.4 Å². The van der Waals surface area contributed by atoms with Gasteiger partial charge >= 0.3 is 0 Å². The third kappa shape index (κ3) is 4.89. The molecule has 2 N–H and O–H groups in total. The number of benzene rings is 3. The number of aryl methyl sites for hydroxylation is 1. The van der Waals surface area contributed by atoms with Gasteiger partial charge in [0.1, 0.15) is 5.82 Å². The maximum atomic E-state index is 14.2. The topological polar surface area (TPSA) is 76.0 Å². The second kappa shape index (κ2) is 9.26. The zero-order chi connectivity index (χ0) is 22.5. The Bertz CT molecular complexity index is 1250. The summed E-state index contributed by atoms with van der Waals surface area (Å²) in [5.74, 6) is -1.37. The van der Waals surface area contributed by atoms with E-state index in [9.17, 15) is 14.0 Å². The van der Waals surface area contributed by atoms with Gasteiger partial charge in [0.2, 0.25) is 5.91 Å². The van der Waals surface area contributed by atoms with E-state index in [4.69, 9.17) is 0 Å². The zero-order valence-corrected chi connectivity index (χ0v) is 17.4. The zero-order valence-electron chi connectivity index (χ0n) is 17.4. The fourth-order valence-corrected chi connectivity index (χ4v) is 3.29. The van der Waals surface area contributed by atoms with Crippen LogP contribution in [0.3, 0.4) is 0 Å². The maximum Gasteiger partial charge on any atom is 0.276 e. The van der Waals surface area contributed by atoms with Crippen LogP contribution in [0.25, 0.3) is 5.69 Å². The largest absolute Gasteiger partial charge is 0.323 e. The Balaban J connectivity index is 1.47. The molecule has 4 rings (SSSR count). The molecule has 0 saturated carbocycles. The summed E-state index contributed by atoms with van der Waals surface area (Å²) in [4.78, 5) is 25.0. The highest BCUT2D eigenvalue weighted by atomic mass is 19.1. The Hall–Kier alpha value is -4.26. The number of amides is 2. The van der Waals surface area contributed by atoms with Crippen LogP contribution in [0.4, 0.5) is 15.8 Å². The number of anilines is 2. The summed E-state index contributed by atoms with van der Waals surface area (Å²) in [6.45, 7) is 1.86. The lowest BCUT2D eigenvalue weighted by Crippen LogP contribution is -2.16. The second-order valence-corrected chi connectivity index (χ2v) is 7.28. The first-order valence-corrected chi connectivity index (χ1v) is 10.1. The van der Waals surface area contributed by atoms with Gasteiger partial charge in [-0.25, -0.2) is 9.07 Å². The smallest absolute Gasteiger partial charge is 0.276 e. The second-order valence-electron chi connectivity index (χ2n) is 7.28. The van der Waals surface area contributed by atoms with Gasteiger partial charge in [-0.15, -0.1) is 0 Å². The van der Waals surface area contributed by atoms with Gasteiger partial charge in [-0.1, -0.05) is 48.5 Å². The predicted octanol–water partition coefficient (Wildman–Crippen LogP) is 4.75. The normalized spacial score (nSPS) is 10.6. The van der Waals surface area contributed by atoms with Crippen LogP contribution in [-0.2, 0) is 11.2 Å². The van der Waals surface area contributed by atoms with E-state index >= 15 is 0 Å². The first-order valence-electron chi connectivity index (χ1n) is 10.1. The minimum absolute atomic E-state index is 0.00488. The molecule has 160 valence electrons. The van der Waals surface area contributed by atoms with E-state index in [1.165, 1.54) is 18.2 Å². The van der Waals surface area contributed by atoms with E-state index in [1.807, 2.05) is 67.6 Å². The number of nitrogens with zero attached hydrogens (tertiary/aromatic N) is 2. The molecule has 1 aromatic heterocycles. The van der Waals surface area contributed by atoms with Crippen LogP contribution in [0, 0.1) is 12.7 Å². The van der Waals surface area contributed by atoms with Crippen molar-refractivity contribution in [2.24, 2.45) is 0 Å². The molecule has 0 atom stereocenters. The van der Waals surface area contributed by atoms with E-state index in [1.54, 1.807) is 10.7 Å². The monoisotopic (exact) mass is 428 g/mol. The Morgan fingerprint density at radius 3 is 2.31 bits per heavy atom. The van der Waals surface area contributed by atoms with E-state index in [-0.39, 0.29) is 23.7 Å². The molecular weight excluding hydrogens is 407 g/mol. The molecule has 0 radical (unpaired) electrons. The number of para-hydroxylation sites is 1. The van der Waals surface area contributed by atoms with Crippen LogP contribution >= 0.6 is 0 Å². The first-order chi connectivity index (χ1) is 15.5. The van der Waals surface area contributed by atoms with Crippen molar-refractivity contribution in [2.75, 3.05) is 10.6 Å². The lowest BCUT2D eigenvalue weighted by atomic mass is 10.1. The molecule has 0 aliphatic rings. The number of aromatic nitrogens is 2. The molecule has 0 bridgehead atoms. The van der Waals surface area contributed by atoms with Crippen molar-refractivity contribution in [3.8, 4) is 5.69 Å². The molecule has 0 saturated heterocycles. The third-order valence-corrected chi connectivity index (χ3v) is 4.83. The SMILES string of the molecule is Cc1cc(C(=O)Nc2ccc(F)c(NC(=O)Cc3ccccc3)c2)nn1-c1ccccc1. The van der Waals surface area contributed by atoms with Crippen LogP contribution in [0.5, 0.6) is 0 Å². The molecule has 4 aromatic rings. The highest BCUT2D eigenvalue weighted by Gasteiger charge is 2.15. The summed E-state index contributed by atoms with van der Waals surface area (Å²) in [5, 5.41) is 9.64. The van der Waals surface area contributed by atoms with Gasteiger partial charge in [0.15, 0.2) is 5.69 Å². The molecule has 7 heteroatoms. The van der Waals surface area contributed by atoms with Crippen molar-refractivity contribution in [1.82, 2.24) is 9.78 Å². The van der Waals surface area contributed by atoms with E-state index in [0.29, 0.717) is 5.69 Å². The first kappa shape index (κ1) is 21.0. The Morgan fingerprint density at radius 1 is 0.906 bits per heavy atom. The number of hydrogen-bond donors (Lipinski definition) is 2. The predicted molar refractivity (Wildman–Crippen MR) is 121 cm³/mol. The lowest BCUT2D eigenvalue weighted by molar-refractivity contribution is -0.115. The molecule has 0 unspecified atom stereocenters. The molecule has 0 aliphatic heterocycles. The van der Waals surface area contributed by atoms with E-state index in [2.05, 4.69) is 15.7 Å². The minimum Gasteiger partial charge on any atom is -0.323 e.